The third-order valence-corrected chi connectivity index (χ3v) is 8.32. The molecule has 4 heteroatoms. The second-order valence-corrected chi connectivity index (χ2v) is 12.4. The second kappa shape index (κ2) is 9.88. The van der Waals surface area contributed by atoms with Gasteiger partial charge < -0.3 is 9.47 Å². The van der Waals surface area contributed by atoms with Crippen LogP contribution in [0.3, 0.4) is 0 Å². The molecule has 1 aliphatic rings. The Kier molecular flexibility index (Phi) is 6.45. The van der Waals surface area contributed by atoms with Gasteiger partial charge in [0.25, 0.3) is 0 Å². The van der Waals surface area contributed by atoms with E-state index in [0.29, 0.717) is 34.4 Å². The van der Waals surface area contributed by atoms with Crippen LogP contribution in [0.15, 0.2) is 91.0 Å². The van der Waals surface area contributed by atoms with Crippen molar-refractivity contribution in [1.29, 1.82) is 0 Å². The zero-order valence-corrected chi connectivity index (χ0v) is 24.5. The molecule has 0 atom stereocenters. The molecule has 1 aromatic heterocycles. The maximum atomic E-state index is 13.6. The van der Waals surface area contributed by atoms with Gasteiger partial charge in [0.2, 0.25) is 11.8 Å². The highest BCUT2D eigenvalue weighted by molar-refractivity contribution is 6.27. The van der Waals surface area contributed by atoms with Crippen LogP contribution in [0.2, 0.25) is 0 Å². The molecule has 206 valence electrons. The minimum absolute atomic E-state index is 0.0116. The lowest BCUT2D eigenvalue weighted by atomic mass is 9.82. The first-order valence-corrected chi connectivity index (χ1v) is 14.2. The Bertz CT molecular complexity index is 1780. The van der Waals surface area contributed by atoms with Crippen molar-refractivity contribution in [2.24, 2.45) is 0 Å². The Morgan fingerprint density at radius 1 is 0.634 bits per heavy atom. The average Bonchev–Trinajstić information content (AvgIpc) is 2.96. The van der Waals surface area contributed by atoms with Gasteiger partial charge in [-0.25, -0.2) is 0 Å². The summed E-state index contributed by atoms with van der Waals surface area (Å²) in [4.78, 5) is 18.6. The van der Waals surface area contributed by atoms with Gasteiger partial charge in [-0.2, -0.15) is 4.98 Å². The molecule has 0 fully saturated rings. The quantitative estimate of drug-likeness (QED) is 0.210. The first kappa shape index (κ1) is 26.8. The van der Waals surface area contributed by atoms with Gasteiger partial charge in [-0.1, -0.05) is 102 Å². The van der Waals surface area contributed by atoms with Gasteiger partial charge >= 0.3 is 0 Å². The molecule has 0 saturated carbocycles. The van der Waals surface area contributed by atoms with E-state index in [1.54, 1.807) is 0 Å². The molecule has 0 N–H and O–H groups in total. The predicted molar refractivity (Wildman–Crippen MR) is 166 cm³/mol. The summed E-state index contributed by atoms with van der Waals surface area (Å²) in [6.45, 7) is 13.2. The number of hydrogen-bond acceptors (Lipinski definition) is 4. The highest BCUT2D eigenvalue weighted by Crippen LogP contribution is 2.48. The van der Waals surface area contributed by atoms with Gasteiger partial charge in [-0.05, 0) is 64.3 Å². The highest BCUT2D eigenvalue weighted by Gasteiger charge is 2.31. The zero-order valence-electron chi connectivity index (χ0n) is 24.5. The van der Waals surface area contributed by atoms with Crippen LogP contribution in [0.25, 0.3) is 21.9 Å². The normalized spacial score (nSPS) is 12.8. The summed E-state index contributed by atoms with van der Waals surface area (Å²) in [5, 5.41) is 1.57. The third-order valence-electron chi connectivity index (χ3n) is 8.32. The molecular weight excluding hydrogens is 506 g/mol. The highest BCUT2D eigenvalue weighted by atomic mass is 16.5. The lowest BCUT2D eigenvalue weighted by Crippen LogP contribution is -2.15. The van der Waals surface area contributed by atoms with Gasteiger partial charge in [0.1, 0.15) is 11.5 Å². The van der Waals surface area contributed by atoms with E-state index in [9.17, 15) is 4.79 Å². The van der Waals surface area contributed by atoms with Crippen LogP contribution in [0.1, 0.15) is 75.0 Å². The molecule has 0 spiro atoms. The molecule has 4 nitrogen and oxygen atoms in total. The second-order valence-electron chi connectivity index (χ2n) is 12.4. The van der Waals surface area contributed by atoms with E-state index in [4.69, 9.17) is 14.5 Å². The topological polar surface area (TPSA) is 48.4 Å². The standard InChI is InChI=1S/C37H35NO3/c1-7-37(5,6)24-17-21-26(22-18-24)41-35-32-27-11-8-9-12-28(27)33(39)29-13-10-14-30(31(29)32)34(38-35)40-25-19-15-23(16-20-25)36(2,3)4/h8-22H,7H2,1-6H3. The van der Waals surface area contributed by atoms with E-state index >= 15 is 0 Å². The van der Waals surface area contributed by atoms with Crippen LogP contribution in [-0.2, 0) is 10.8 Å². The molecule has 41 heavy (non-hydrogen) atoms. The van der Waals surface area contributed by atoms with Crippen molar-refractivity contribution in [3.05, 3.63) is 113 Å². The van der Waals surface area contributed by atoms with Crippen molar-refractivity contribution in [3.8, 4) is 34.4 Å². The fraction of sp³-hybridized carbons (Fsp3) is 0.243. The average molecular weight is 542 g/mol. The van der Waals surface area contributed by atoms with E-state index in [1.165, 1.54) is 11.1 Å². The summed E-state index contributed by atoms with van der Waals surface area (Å²) in [6.07, 6.45) is 1.04. The number of hydrogen-bond donors (Lipinski definition) is 0. The van der Waals surface area contributed by atoms with Crippen LogP contribution in [-0.4, -0.2) is 10.8 Å². The molecule has 0 unspecified atom stereocenters. The van der Waals surface area contributed by atoms with E-state index in [2.05, 4.69) is 65.8 Å². The van der Waals surface area contributed by atoms with Crippen LogP contribution < -0.4 is 9.47 Å². The molecule has 1 aliphatic carbocycles. The lowest BCUT2D eigenvalue weighted by molar-refractivity contribution is 0.104. The van der Waals surface area contributed by atoms with Crippen LogP contribution in [0.4, 0.5) is 0 Å². The lowest BCUT2D eigenvalue weighted by Gasteiger charge is -2.24. The Hall–Kier alpha value is -4.44. The molecule has 1 heterocycles. The molecule has 0 radical (unpaired) electrons. The minimum atomic E-state index is -0.0116. The van der Waals surface area contributed by atoms with Gasteiger partial charge in [-0.15, -0.1) is 0 Å². The number of rotatable bonds is 6. The van der Waals surface area contributed by atoms with Gasteiger partial charge in [0.05, 0.1) is 5.56 Å². The Morgan fingerprint density at radius 2 is 1.20 bits per heavy atom. The molecule has 5 aromatic rings. The number of ether oxygens (including phenoxy) is 2. The third kappa shape index (κ3) is 4.78. The van der Waals surface area contributed by atoms with Crippen LogP contribution in [0.5, 0.6) is 23.3 Å². The fourth-order valence-corrected chi connectivity index (χ4v) is 5.37. The molecule has 4 aromatic carbocycles. The molecular formula is C37H35NO3. The molecule has 6 rings (SSSR count). The summed E-state index contributed by atoms with van der Waals surface area (Å²) in [5.74, 6) is 2.15. The minimum Gasteiger partial charge on any atom is -0.438 e. The maximum Gasteiger partial charge on any atom is 0.231 e. The summed E-state index contributed by atoms with van der Waals surface area (Å²) in [7, 11) is 0. The van der Waals surface area contributed by atoms with Crippen molar-refractivity contribution < 1.29 is 14.3 Å². The van der Waals surface area contributed by atoms with Gasteiger partial charge in [0, 0.05) is 21.9 Å². The van der Waals surface area contributed by atoms with Crippen LogP contribution >= 0.6 is 0 Å². The first-order chi connectivity index (χ1) is 19.6. The number of nitrogens with zero attached hydrogens (tertiary/aromatic N) is 1. The number of ketones is 1. The summed E-state index contributed by atoms with van der Waals surface area (Å²) in [6, 6.07) is 29.7. The van der Waals surface area contributed by atoms with Crippen LogP contribution in [0, 0.1) is 0 Å². The number of carbonyl (C=O) groups is 1. The van der Waals surface area contributed by atoms with Crippen molar-refractivity contribution in [1.82, 2.24) is 4.98 Å². The van der Waals surface area contributed by atoms with Gasteiger partial charge in [-0.3, -0.25) is 4.79 Å². The monoisotopic (exact) mass is 541 g/mol. The maximum absolute atomic E-state index is 13.6. The van der Waals surface area contributed by atoms with Crippen molar-refractivity contribution in [3.63, 3.8) is 0 Å². The predicted octanol–water partition coefficient (Wildman–Crippen LogP) is 10.0. The summed E-state index contributed by atoms with van der Waals surface area (Å²) < 4.78 is 12.9. The molecule has 0 saturated heterocycles. The SMILES string of the molecule is CCC(C)(C)c1ccc(Oc2nc(Oc3ccc(C(C)(C)C)cc3)c3cccc4c3c2-c2ccccc2C4=O)cc1. The smallest absolute Gasteiger partial charge is 0.231 e. The van der Waals surface area contributed by atoms with E-state index < -0.39 is 0 Å². The van der Waals surface area contributed by atoms with E-state index in [-0.39, 0.29) is 16.6 Å². The van der Waals surface area contributed by atoms with Crippen molar-refractivity contribution in [2.45, 2.75) is 58.8 Å². The van der Waals surface area contributed by atoms with E-state index in [0.717, 1.165) is 28.3 Å². The largest absolute Gasteiger partial charge is 0.438 e. The number of benzene rings is 4. The molecule has 0 amide bonds. The molecule has 0 aliphatic heterocycles. The van der Waals surface area contributed by atoms with E-state index in [1.807, 2.05) is 66.7 Å². The zero-order chi connectivity index (χ0) is 28.9. The fourth-order valence-electron chi connectivity index (χ4n) is 5.37. The summed E-state index contributed by atoms with van der Waals surface area (Å²) in [5.41, 5.74) is 5.46. The Balaban J connectivity index is 1.52. The van der Waals surface area contributed by atoms with Crippen molar-refractivity contribution in [2.75, 3.05) is 0 Å². The number of aromatic nitrogens is 1. The summed E-state index contributed by atoms with van der Waals surface area (Å²) >= 11 is 0. The van der Waals surface area contributed by atoms with Crippen molar-refractivity contribution >= 4 is 16.6 Å². The Morgan fingerprint density at radius 3 is 1.80 bits per heavy atom. The number of fused-ring (bicyclic) bond motifs is 2. The van der Waals surface area contributed by atoms with Gasteiger partial charge in [0.15, 0.2) is 5.78 Å². The first-order valence-electron chi connectivity index (χ1n) is 14.2. The number of carbonyl (C=O) groups excluding carboxylic acids is 1. The molecule has 0 bridgehead atoms. The Labute approximate surface area is 242 Å². The number of pyridine rings is 1.